The molecule has 0 aliphatic carbocycles. The first-order chi connectivity index (χ1) is 13.7. The molecule has 1 N–H and O–H groups in total. The summed E-state index contributed by atoms with van der Waals surface area (Å²) >= 11 is 2.81. The minimum atomic E-state index is -0.498. The monoisotopic (exact) mass is 412 g/mol. The molecule has 140 valence electrons. The van der Waals surface area contributed by atoms with Crippen LogP contribution < -0.4 is 5.32 Å². The zero-order valence-electron chi connectivity index (χ0n) is 14.3. The second kappa shape index (κ2) is 8.32. The Morgan fingerprint density at radius 3 is 2.71 bits per heavy atom. The highest BCUT2D eigenvalue weighted by atomic mass is 32.2. The summed E-state index contributed by atoms with van der Waals surface area (Å²) in [5.74, 6) is -0.00449. The molecule has 4 rings (SSSR count). The van der Waals surface area contributed by atoms with E-state index in [1.165, 1.54) is 40.8 Å². The molecular weight excluding hydrogens is 399 g/mol. The van der Waals surface area contributed by atoms with E-state index in [1.54, 1.807) is 18.2 Å². The van der Waals surface area contributed by atoms with Gasteiger partial charge in [0.15, 0.2) is 15.8 Å². The number of carbonyl (C=O) groups is 1. The van der Waals surface area contributed by atoms with Crippen LogP contribution in [0.15, 0.2) is 69.5 Å². The van der Waals surface area contributed by atoms with Crippen molar-refractivity contribution in [2.75, 3.05) is 5.32 Å². The van der Waals surface area contributed by atoms with E-state index in [9.17, 15) is 9.18 Å². The van der Waals surface area contributed by atoms with Crippen LogP contribution in [0.3, 0.4) is 0 Å². The van der Waals surface area contributed by atoms with Gasteiger partial charge in [-0.15, -0.1) is 10.2 Å². The van der Waals surface area contributed by atoms with Crippen LogP contribution in [0.5, 0.6) is 0 Å². The van der Waals surface area contributed by atoms with Crippen LogP contribution in [0.2, 0.25) is 0 Å². The summed E-state index contributed by atoms with van der Waals surface area (Å²) in [6.07, 6.45) is 0. The molecule has 0 aliphatic rings. The maximum atomic E-state index is 13.8. The molecule has 28 heavy (non-hydrogen) atoms. The van der Waals surface area contributed by atoms with E-state index in [2.05, 4.69) is 20.7 Å². The Kier molecular flexibility index (Phi) is 5.45. The van der Waals surface area contributed by atoms with Crippen LogP contribution in [-0.2, 0) is 5.75 Å². The molecule has 6 nitrogen and oxygen atoms in total. The van der Waals surface area contributed by atoms with Crippen molar-refractivity contribution in [1.29, 1.82) is 0 Å². The number of hydrogen-bond donors (Lipinski definition) is 1. The van der Waals surface area contributed by atoms with Crippen molar-refractivity contribution < 1.29 is 13.7 Å². The minimum absolute atomic E-state index is 0.0342. The lowest BCUT2D eigenvalue weighted by Gasteiger charge is -1.97. The number of halogens is 1. The molecule has 0 spiro atoms. The molecule has 0 atom stereocenters. The van der Waals surface area contributed by atoms with Crippen molar-refractivity contribution in [3.63, 3.8) is 0 Å². The summed E-state index contributed by atoms with van der Waals surface area (Å²) in [4.78, 5) is 12.3. The lowest BCUT2D eigenvalue weighted by molar-refractivity contribution is 0.101. The lowest BCUT2D eigenvalue weighted by atomic mass is 10.1. The quantitative estimate of drug-likeness (QED) is 0.359. The summed E-state index contributed by atoms with van der Waals surface area (Å²) in [6, 6.07) is 17.5. The Balaban J connectivity index is 1.39. The van der Waals surface area contributed by atoms with Crippen molar-refractivity contribution in [3.8, 4) is 11.3 Å². The molecule has 2 aromatic carbocycles. The normalized spacial score (nSPS) is 10.8. The molecule has 0 unspecified atom stereocenters. The highest BCUT2D eigenvalue weighted by Gasteiger charge is 2.17. The molecule has 2 aromatic heterocycles. The number of thioether (sulfide) groups is 1. The number of rotatable bonds is 6. The van der Waals surface area contributed by atoms with Crippen molar-refractivity contribution >= 4 is 34.1 Å². The predicted octanol–water partition coefficient (Wildman–Crippen LogP) is 4.88. The molecule has 0 saturated heterocycles. The Morgan fingerprint density at radius 2 is 1.89 bits per heavy atom. The van der Waals surface area contributed by atoms with Crippen LogP contribution in [-0.4, -0.2) is 21.3 Å². The summed E-state index contributed by atoms with van der Waals surface area (Å²) in [5.41, 5.74) is 1.45. The van der Waals surface area contributed by atoms with Crippen molar-refractivity contribution in [2.24, 2.45) is 0 Å². The Labute approximate surface area is 167 Å². The van der Waals surface area contributed by atoms with Crippen molar-refractivity contribution in [3.05, 3.63) is 77.7 Å². The molecule has 1 amide bonds. The second-order valence-electron chi connectivity index (χ2n) is 5.66. The number of anilines is 1. The van der Waals surface area contributed by atoms with Gasteiger partial charge in [0, 0.05) is 11.8 Å². The molecule has 0 bridgehead atoms. The highest BCUT2D eigenvalue weighted by molar-refractivity contribution is 8.00. The molecule has 0 radical (unpaired) electrons. The number of hydrogen-bond acceptors (Lipinski definition) is 7. The molecule has 2 heterocycles. The van der Waals surface area contributed by atoms with Crippen LogP contribution in [0.1, 0.15) is 16.1 Å². The van der Waals surface area contributed by atoms with Gasteiger partial charge in [-0.25, -0.2) is 4.39 Å². The number of benzene rings is 2. The standard InChI is InChI=1S/C19H13FN4O2S2/c20-14-9-5-4-8-13(14)16-10-15(24-26-16)17(25)21-18-22-23-19(28-18)27-11-12-6-2-1-3-7-12/h1-10H,11H2,(H,21,22,25). The first-order valence-electron chi connectivity index (χ1n) is 8.22. The average Bonchev–Trinajstić information content (AvgIpc) is 3.37. The Bertz CT molecular complexity index is 1100. The van der Waals surface area contributed by atoms with E-state index in [0.717, 1.165) is 10.1 Å². The third-order valence-corrected chi connectivity index (χ3v) is 5.76. The molecule has 0 saturated carbocycles. The zero-order chi connectivity index (χ0) is 19.3. The van der Waals surface area contributed by atoms with E-state index in [0.29, 0.717) is 5.13 Å². The van der Waals surface area contributed by atoms with Crippen molar-refractivity contribution in [2.45, 2.75) is 10.1 Å². The van der Waals surface area contributed by atoms with Gasteiger partial charge < -0.3 is 4.52 Å². The Morgan fingerprint density at radius 1 is 1.11 bits per heavy atom. The van der Waals surface area contributed by atoms with E-state index < -0.39 is 11.7 Å². The molecular formula is C19H13FN4O2S2. The van der Waals surface area contributed by atoms with Crippen LogP contribution in [0.25, 0.3) is 11.3 Å². The van der Waals surface area contributed by atoms with E-state index in [1.807, 2.05) is 30.3 Å². The van der Waals surface area contributed by atoms with Crippen LogP contribution in [0.4, 0.5) is 9.52 Å². The fourth-order valence-corrected chi connectivity index (χ4v) is 4.07. The van der Waals surface area contributed by atoms with Gasteiger partial charge in [0.05, 0.1) is 5.56 Å². The van der Waals surface area contributed by atoms with Crippen molar-refractivity contribution in [1.82, 2.24) is 15.4 Å². The van der Waals surface area contributed by atoms with Gasteiger partial charge in [-0.2, -0.15) is 0 Å². The predicted molar refractivity (Wildman–Crippen MR) is 106 cm³/mol. The maximum absolute atomic E-state index is 13.8. The number of carbonyl (C=O) groups excluding carboxylic acids is 1. The third kappa shape index (κ3) is 4.26. The van der Waals surface area contributed by atoms with E-state index >= 15 is 0 Å². The molecule has 0 aliphatic heterocycles. The van der Waals surface area contributed by atoms with E-state index in [-0.39, 0.29) is 17.0 Å². The van der Waals surface area contributed by atoms with Gasteiger partial charge in [0.2, 0.25) is 5.13 Å². The molecule has 0 fully saturated rings. The largest absolute Gasteiger partial charge is 0.355 e. The van der Waals surface area contributed by atoms with Gasteiger partial charge in [-0.05, 0) is 17.7 Å². The maximum Gasteiger partial charge on any atom is 0.279 e. The zero-order valence-corrected chi connectivity index (χ0v) is 16.0. The number of aromatic nitrogens is 3. The van der Waals surface area contributed by atoms with Gasteiger partial charge in [0.1, 0.15) is 5.82 Å². The average molecular weight is 412 g/mol. The summed E-state index contributed by atoms with van der Waals surface area (Å²) in [6.45, 7) is 0. The summed E-state index contributed by atoms with van der Waals surface area (Å²) in [7, 11) is 0. The van der Waals surface area contributed by atoms with Gasteiger partial charge in [0.25, 0.3) is 5.91 Å². The number of nitrogens with zero attached hydrogens (tertiary/aromatic N) is 3. The third-order valence-electron chi connectivity index (χ3n) is 3.71. The fourth-order valence-electron chi connectivity index (χ4n) is 2.37. The Hall–Kier alpha value is -3.04. The molecule has 4 aromatic rings. The summed E-state index contributed by atoms with van der Waals surface area (Å²) < 4.78 is 19.7. The van der Waals surface area contributed by atoms with Crippen LogP contribution >= 0.6 is 23.1 Å². The number of amides is 1. The first kappa shape index (κ1) is 18.3. The van der Waals surface area contributed by atoms with Gasteiger partial charge in [-0.3, -0.25) is 10.1 Å². The first-order valence-corrected chi connectivity index (χ1v) is 10.0. The van der Waals surface area contributed by atoms with Crippen LogP contribution in [0, 0.1) is 5.82 Å². The topological polar surface area (TPSA) is 80.9 Å². The smallest absolute Gasteiger partial charge is 0.279 e. The lowest BCUT2D eigenvalue weighted by Crippen LogP contribution is -2.11. The minimum Gasteiger partial charge on any atom is -0.355 e. The van der Waals surface area contributed by atoms with Gasteiger partial charge in [-0.1, -0.05) is 70.7 Å². The number of nitrogens with one attached hydrogen (secondary N) is 1. The molecule has 9 heteroatoms. The van der Waals surface area contributed by atoms with Gasteiger partial charge >= 0.3 is 0 Å². The SMILES string of the molecule is O=C(Nc1nnc(SCc2ccccc2)s1)c1cc(-c2ccccc2F)on1. The summed E-state index contributed by atoms with van der Waals surface area (Å²) in [5, 5.41) is 14.7. The fraction of sp³-hybridized carbons (Fsp3) is 0.0526. The highest BCUT2D eigenvalue weighted by Crippen LogP contribution is 2.29. The van der Waals surface area contributed by atoms with E-state index in [4.69, 9.17) is 4.52 Å². The second-order valence-corrected chi connectivity index (χ2v) is 7.86.